The van der Waals surface area contributed by atoms with Crippen LogP contribution >= 0.6 is 0 Å². The first-order valence-electron chi connectivity index (χ1n) is 10.2. The summed E-state index contributed by atoms with van der Waals surface area (Å²) in [7, 11) is 0. The topological polar surface area (TPSA) is 49.4 Å². The summed E-state index contributed by atoms with van der Waals surface area (Å²) in [6.45, 7) is 6.37. The van der Waals surface area contributed by atoms with Crippen molar-refractivity contribution in [3.63, 3.8) is 0 Å². The number of hydrogen-bond acceptors (Lipinski definition) is 2. The van der Waals surface area contributed by atoms with E-state index in [1.54, 1.807) is 4.90 Å². The predicted molar refractivity (Wildman–Crippen MR) is 114 cm³/mol. The fraction of sp³-hybridized carbons (Fsp3) is 0.417. The molecule has 0 aliphatic carbocycles. The van der Waals surface area contributed by atoms with Gasteiger partial charge in [-0.1, -0.05) is 67.6 Å². The Hall–Kier alpha value is -2.62. The van der Waals surface area contributed by atoms with Crippen LogP contribution in [0.3, 0.4) is 0 Å². The molecule has 2 unspecified atom stereocenters. The third kappa shape index (κ3) is 6.84. The first-order valence-corrected chi connectivity index (χ1v) is 10.2. The summed E-state index contributed by atoms with van der Waals surface area (Å²) in [5.74, 6) is -0.0675. The van der Waals surface area contributed by atoms with Gasteiger partial charge in [-0.3, -0.25) is 9.59 Å². The monoisotopic (exact) mass is 380 g/mol. The zero-order valence-electron chi connectivity index (χ0n) is 17.2. The molecule has 150 valence electrons. The van der Waals surface area contributed by atoms with Gasteiger partial charge in [0.15, 0.2) is 0 Å². The number of carbonyl (C=O) groups excluding carboxylic acids is 2. The lowest BCUT2D eigenvalue weighted by Gasteiger charge is -2.29. The van der Waals surface area contributed by atoms with E-state index in [1.165, 1.54) is 0 Å². The zero-order chi connectivity index (χ0) is 20.4. The van der Waals surface area contributed by atoms with E-state index in [2.05, 4.69) is 17.4 Å². The highest BCUT2D eigenvalue weighted by atomic mass is 16.2. The molecule has 0 aromatic heterocycles. The Labute approximate surface area is 169 Å². The molecule has 0 fully saturated rings. The lowest BCUT2D eigenvalue weighted by atomic mass is 10.1. The van der Waals surface area contributed by atoms with Gasteiger partial charge in [0.05, 0.1) is 0 Å². The Morgan fingerprint density at radius 1 is 0.893 bits per heavy atom. The second-order valence-corrected chi connectivity index (χ2v) is 7.30. The van der Waals surface area contributed by atoms with E-state index >= 15 is 0 Å². The van der Waals surface area contributed by atoms with E-state index in [0.717, 1.165) is 24.0 Å². The number of amides is 2. The molecule has 0 saturated carbocycles. The van der Waals surface area contributed by atoms with Crippen LogP contribution < -0.4 is 5.32 Å². The fourth-order valence-electron chi connectivity index (χ4n) is 3.08. The van der Waals surface area contributed by atoms with Crippen molar-refractivity contribution in [1.29, 1.82) is 0 Å². The molecular formula is C24H32N2O2. The highest BCUT2D eigenvalue weighted by Gasteiger charge is 2.26. The van der Waals surface area contributed by atoms with Gasteiger partial charge in [-0.2, -0.15) is 0 Å². The SMILES string of the molecule is CCC(C)NC(=O)C(C)N(CCc1ccccc1)C(=O)CCc1ccccc1. The van der Waals surface area contributed by atoms with Gasteiger partial charge in [0.25, 0.3) is 0 Å². The second-order valence-electron chi connectivity index (χ2n) is 7.30. The molecule has 0 spiro atoms. The van der Waals surface area contributed by atoms with Crippen molar-refractivity contribution in [3.8, 4) is 0 Å². The summed E-state index contributed by atoms with van der Waals surface area (Å²) in [5.41, 5.74) is 2.30. The van der Waals surface area contributed by atoms with Crippen molar-refractivity contribution >= 4 is 11.8 Å². The maximum absolute atomic E-state index is 13.0. The molecular weight excluding hydrogens is 348 g/mol. The molecule has 0 heterocycles. The van der Waals surface area contributed by atoms with Crippen LogP contribution in [0.15, 0.2) is 60.7 Å². The Morgan fingerprint density at radius 2 is 1.43 bits per heavy atom. The summed E-state index contributed by atoms with van der Waals surface area (Å²) in [5, 5.41) is 3.00. The van der Waals surface area contributed by atoms with Crippen molar-refractivity contribution in [2.45, 2.75) is 58.5 Å². The van der Waals surface area contributed by atoms with Crippen molar-refractivity contribution in [1.82, 2.24) is 10.2 Å². The molecule has 2 aromatic carbocycles. The smallest absolute Gasteiger partial charge is 0.242 e. The summed E-state index contributed by atoms with van der Waals surface area (Å²) in [6, 6.07) is 19.7. The van der Waals surface area contributed by atoms with Crippen molar-refractivity contribution in [2.24, 2.45) is 0 Å². The molecule has 4 nitrogen and oxygen atoms in total. The average Bonchev–Trinajstić information content (AvgIpc) is 2.73. The molecule has 2 rings (SSSR count). The predicted octanol–water partition coefficient (Wildman–Crippen LogP) is 3.99. The molecule has 0 bridgehead atoms. The maximum atomic E-state index is 13.0. The number of nitrogens with one attached hydrogen (secondary N) is 1. The third-order valence-corrected chi connectivity index (χ3v) is 5.12. The molecule has 0 aliphatic heterocycles. The normalized spacial score (nSPS) is 12.8. The summed E-state index contributed by atoms with van der Waals surface area (Å²) in [6.07, 6.45) is 2.68. The first-order chi connectivity index (χ1) is 13.5. The van der Waals surface area contributed by atoms with Gasteiger partial charge in [-0.05, 0) is 44.2 Å². The molecule has 0 saturated heterocycles. The van der Waals surface area contributed by atoms with Crippen molar-refractivity contribution in [3.05, 3.63) is 71.8 Å². The van der Waals surface area contributed by atoms with Gasteiger partial charge in [-0.25, -0.2) is 0 Å². The van der Waals surface area contributed by atoms with Gasteiger partial charge in [-0.15, -0.1) is 0 Å². The molecule has 2 aromatic rings. The van der Waals surface area contributed by atoms with Crippen LogP contribution in [0.4, 0.5) is 0 Å². The molecule has 2 amide bonds. The van der Waals surface area contributed by atoms with E-state index in [4.69, 9.17) is 0 Å². The standard InChI is InChI=1S/C24H32N2O2/c1-4-19(2)25-24(28)20(3)26(18-17-22-13-9-6-10-14-22)23(27)16-15-21-11-7-5-8-12-21/h5-14,19-20H,4,15-18H2,1-3H3,(H,25,28). The summed E-state index contributed by atoms with van der Waals surface area (Å²) < 4.78 is 0. The largest absolute Gasteiger partial charge is 0.352 e. The number of aryl methyl sites for hydroxylation is 1. The molecule has 0 radical (unpaired) electrons. The van der Waals surface area contributed by atoms with E-state index in [1.807, 2.05) is 69.3 Å². The number of hydrogen-bond donors (Lipinski definition) is 1. The van der Waals surface area contributed by atoms with Gasteiger partial charge >= 0.3 is 0 Å². The number of benzene rings is 2. The first kappa shape index (κ1) is 21.7. The quantitative estimate of drug-likeness (QED) is 0.677. The molecule has 0 aliphatic rings. The van der Waals surface area contributed by atoms with Crippen molar-refractivity contribution in [2.75, 3.05) is 6.54 Å². The van der Waals surface area contributed by atoms with Crippen LogP contribution in [0.25, 0.3) is 0 Å². The Kier molecular flexibility index (Phi) is 8.73. The minimum atomic E-state index is -0.485. The van der Waals surface area contributed by atoms with Crippen LogP contribution in [0, 0.1) is 0 Å². The minimum Gasteiger partial charge on any atom is -0.352 e. The van der Waals surface area contributed by atoms with Gasteiger partial charge in [0.2, 0.25) is 11.8 Å². The number of rotatable bonds is 10. The highest BCUT2D eigenvalue weighted by Crippen LogP contribution is 2.11. The maximum Gasteiger partial charge on any atom is 0.242 e. The summed E-state index contributed by atoms with van der Waals surface area (Å²) in [4.78, 5) is 27.4. The average molecular weight is 381 g/mol. The Balaban J connectivity index is 2.05. The van der Waals surface area contributed by atoms with E-state index in [9.17, 15) is 9.59 Å². The van der Waals surface area contributed by atoms with Crippen LogP contribution in [0.1, 0.15) is 44.7 Å². The van der Waals surface area contributed by atoms with Gasteiger partial charge in [0.1, 0.15) is 6.04 Å². The van der Waals surface area contributed by atoms with Gasteiger partial charge < -0.3 is 10.2 Å². The molecule has 4 heteroatoms. The summed E-state index contributed by atoms with van der Waals surface area (Å²) >= 11 is 0. The molecule has 28 heavy (non-hydrogen) atoms. The van der Waals surface area contributed by atoms with Gasteiger partial charge in [0, 0.05) is 19.0 Å². The van der Waals surface area contributed by atoms with Crippen molar-refractivity contribution < 1.29 is 9.59 Å². The molecule has 2 atom stereocenters. The zero-order valence-corrected chi connectivity index (χ0v) is 17.2. The van der Waals surface area contributed by atoms with Crippen LogP contribution in [-0.4, -0.2) is 35.3 Å². The Bertz CT molecular complexity index is 731. The Morgan fingerprint density at radius 3 is 1.96 bits per heavy atom. The van der Waals surface area contributed by atoms with E-state index in [0.29, 0.717) is 19.4 Å². The number of nitrogens with zero attached hydrogens (tertiary/aromatic N) is 1. The van der Waals surface area contributed by atoms with E-state index in [-0.39, 0.29) is 17.9 Å². The second kappa shape index (κ2) is 11.3. The molecule has 1 N–H and O–H groups in total. The highest BCUT2D eigenvalue weighted by molar-refractivity contribution is 5.87. The minimum absolute atomic E-state index is 0.0200. The number of carbonyl (C=O) groups is 2. The lowest BCUT2D eigenvalue weighted by molar-refractivity contribution is -0.140. The van der Waals surface area contributed by atoms with Crippen LogP contribution in [0.5, 0.6) is 0 Å². The lowest BCUT2D eigenvalue weighted by Crippen LogP contribution is -2.50. The fourth-order valence-corrected chi connectivity index (χ4v) is 3.08. The van der Waals surface area contributed by atoms with Crippen LogP contribution in [0.2, 0.25) is 0 Å². The van der Waals surface area contributed by atoms with Crippen LogP contribution in [-0.2, 0) is 22.4 Å². The third-order valence-electron chi connectivity index (χ3n) is 5.12. The van der Waals surface area contributed by atoms with E-state index < -0.39 is 6.04 Å².